The molecule has 0 saturated carbocycles. The topological polar surface area (TPSA) is 12.0 Å². The molecule has 0 fully saturated rings. The van der Waals surface area contributed by atoms with Crippen LogP contribution < -0.4 is 5.32 Å². The van der Waals surface area contributed by atoms with Gasteiger partial charge in [-0.25, -0.2) is 13.2 Å². The first-order chi connectivity index (χ1) is 8.99. The van der Waals surface area contributed by atoms with Gasteiger partial charge in [-0.3, -0.25) is 0 Å². The van der Waals surface area contributed by atoms with E-state index in [1.54, 1.807) is 0 Å². The molecule has 0 radical (unpaired) electrons. The summed E-state index contributed by atoms with van der Waals surface area (Å²) in [5.74, 6) is -2.06. The molecule has 0 aliphatic rings. The molecule has 2 aromatic rings. The number of anilines is 1. The quantitative estimate of drug-likeness (QED) is 0.809. The van der Waals surface area contributed by atoms with Gasteiger partial charge >= 0.3 is 0 Å². The minimum atomic E-state index is -0.765. The van der Waals surface area contributed by atoms with Gasteiger partial charge in [0, 0.05) is 21.6 Å². The third-order valence-electron chi connectivity index (χ3n) is 2.51. The van der Waals surface area contributed by atoms with Crippen LogP contribution in [0.5, 0.6) is 0 Å². The minimum Gasteiger partial charge on any atom is -0.376 e. The number of hydrogen-bond acceptors (Lipinski definition) is 1. The van der Waals surface area contributed by atoms with Crippen molar-refractivity contribution in [1.29, 1.82) is 0 Å². The second-order valence-electron chi connectivity index (χ2n) is 3.80. The van der Waals surface area contributed by atoms with Crippen LogP contribution in [-0.4, -0.2) is 0 Å². The average molecular weight is 351 g/mol. The fourth-order valence-corrected chi connectivity index (χ4v) is 2.22. The van der Waals surface area contributed by atoms with E-state index in [1.807, 2.05) is 0 Å². The van der Waals surface area contributed by atoms with Crippen LogP contribution in [0, 0.1) is 17.5 Å². The Labute approximate surface area is 121 Å². The van der Waals surface area contributed by atoms with Crippen molar-refractivity contribution >= 4 is 33.2 Å². The Morgan fingerprint density at radius 2 is 1.68 bits per heavy atom. The third kappa shape index (κ3) is 3.22. The van der Waals surface area contributed by atoms with Gasteiger partial charge in [-0.2, -0.15) is 0 Å². The molecule has 2 aromatic carbocycles. The summed E-state index contributed by atoms with van der Waals surface area (Å²) < 4.78 is 40.9. The molecule has 100 valence electrons. The summed E-state index contributed by atoms with van der Waals surface area (Å²) in [4.78, 5) is 0. The Balaban J connectivity index is 2.24. The van der Waals surface area contributed by atoms with E-state index in [2.05, 4.69) is 21.2 Å². The van der Waals surface area contributed by atoms with E-state index in [9.17, 15) is 13.2 Å². The van der Waals surface area contributed by atoms with Gasteiger partial charge in [-0.1, -0.05) is 33.6 Å². The highest BCUT2D eigenvalue weighted by Crippen LogP contribution is 2.26. The number of nitrogens with one attached hydrogen (secondary N) is 1. The van der Waals surface area contributed by atoms with Gasteiger partial charge in [0.25, 0.3) is 0 Å². The summed E-state index contributed by atoms with van der Waals surface area (Å²) in [5.41, 5.74) is -0.159. The van der Waals surface area contributed by atoms with Crippen LogP contribution in [0.2, 0.25) is 5.02 Å². The lowest BCUT2D eigenvalue weighted by molar-refractivity contribution is 0.584. The van der Waals surface area contributed by atoms with Crippen molar-refractivity contribution in [1.82, 2.24) is 0 Å². The summed E-state index contributed by atoms with van der Waals surface area (Å²) in [6.07, 6.45) is 0. The Morgan fingerprint density at radius 1 is 1.05 bits per heavy atom. The van der Waals surface area contributed by atoms with Crippen LogP contribution in [-0.2, 0) is 6.54 Å². The molecule has 0 aliphatic carbocycles. The van der Waals surface area contributed by atoms with E-state index >= 15 is 0 Å². The molecule has 0 spiro atoms. The van der Waals surface area contributed by atoms with Crippen LogP contribution in [0.3, 0.4) is 0 Å². The van der Waals surface area contributed by atoms with Crippen molar-refractivity contribution in [2.45, 2.75) is 6.54 Å². The number of rotatable bonds is 3. The monoisotopic (exact) mass is 349 g/mol. The van der Waals surface area contributed by atoms with Gasteiger partial charge in [-0.05, 0) is 24.3 Å². The van der Waals surface area contributed by atoms with Crippen molar-refractivity contribution in [2.75, 3.05) is 5.32 Å². The molecular weight excluding hydrogens is 343 g/mol. The first-order valence-electron chi connectivity index (χ1n) is 5.30. The molecular formula is C13H8BrClF3N. The maximum Gasteiger partial charge on any atom is 0.150 e. The summed E-state index contributed by atoms with van der Waals surface area (Å²) in [7, 11) is 0. The molecule has 0 atom stereocenters. The van der Waals surface area contributed by atoms with E-state index in [1.165, 1.54) is 18.2 Å². The largest absolute Gasteiger partial charge is 0.376 e. The summed E-state index contributed by atoms with van der Waals surface area (Å²) in [5, 5.41) is 2.71. The first-order valence-corrected chi connectivity index (χ1v) is 6.47. The zero-order valence-corrected chi connectivity index (χ0v) is 11.8. The Morgan fingerprint density at radius 3 is 2.26 bits per heavy atom. The highest BCUT2D eigenvalue weighted by Gasteiger charge is 2.12. The normalized spacial score (nSPS) is 10.6. The summed E-state index contributed by atoms with van der Waals surface area (Å²) >= 11 is 8.80. The van der Waals surface area contributed by atoms with Crippen molar-refractivity contribution in [3.8, 4) is 0 Å². The van der Waals surface area contributed by atoms with Gasteiger partial charge in [-0.15, -0.1) is 0 Å². The van der Waals surface area contributed by atoms with Gasteiger partial charge in [0.1, 0.15) is 23.1 Å². The molecule has 0 heterocycles. The first kappa shape index (κ1) is 14.2. The molecule has 0 bridgehead atoms. The van der Waals surface area contributed by atoms with E-state index in [0.29, 0.717) is 0 Å². The SMILES string of the molecule is Fc1cccc(Cl)c1CNc1c(F)cc(Br)cc1F. The van der Waals surface area contributed by atoms with E-state index in [0.717, 1.165) is 12.1 Å². The highest BCUT2D eigenvalue weighted by atomic mass is 79.9. The zero-order chi connectivity index (χ0) is 14.0. The van der Waals surface area contributed by atoms with Crippen LogP contribution in [0.15, 0.2) is 34.8 Å². The molecule has 0 unspecified atom stereocenters. The molecule has 2 rings (SSSR count). The predicted octanol–water partition coefficient (Wildman–Crippen LogP) is 5.13. The Bertz CT molecular complexity index is 576. The average Bonchev–Trinajstić information content (AvgIpc) is 2.31. The molecule has 0 aliphatic heterocycles. The summed E-state index contributed by atoms with van der Waals surface area (Å²) in [6.45, 7) is -0.110. The number of benzene rings is 2. The molecule has 0 aromatic heterocycles. The smallest absolute Gasteiger partial charge is 0.150 e. The maximum absolute atomic E-state index is 13.6. The number of hydrogen-bond donors (Lipinski definition) is 1. The Hall–Kier alpha value is -1.20. The van der Waals surface area contributed by atoms with Gasteiger partial charge < -0.3 is 5.32 Å². The van der Waals surface area contributed by atoms with Crippen molar-refractivity contribution < 1.29 is 13.2 Å². The zero-order valence-electron chi connectivity index (χ0n) is 9.48. The Kier molecular flexibility index (Phi) is 4.37. The second-order valence-corrected chi connectivity index (χ2v) is 5.12. The molecule has 1 nitrogen and oxygen atoms in total. The minimum absolute atomic E-state index is 0.110. The summed E-state index contributed by atoms with van der Waals surface area (Å²) in [6, 6.07) is 6.44. The fourth-order valence-electron chi connectivity index (χ4n) is 1.59. The standard InChI is InChI=1S/C13H8BrClF3N/c14-7-4-11(17)13(12(18)5-7)19-6-8-9(15)2-1-3-10(8)16/h1-5,19H,6H2. The third-order valence-corrected chi connectivity index (χ3v) is 3.32. The van der Waals surface area contributed by atoms with Crippen molar-refractivity contribution in [3.63, 3.8) is 0 Å². The predicted molar refractivity (Wildman–Crippen MR) is 72.8 cm³/mol. The number of halogens is 5. The highest BCUT2D eigenvalue weighted by molar-refractivity contribution is 9.10. The van der Waals surface area contributed by atoms with Gasteiger partial charge in [0.2, 0.25) is 0 Å². The lowest BCUT2D eigenvalue weighted by atomic mass is 10.2. The molecule has 1 N–H and O–H groups in total. The van der Waals surface area contributed by atoms with E-state index in [4.69, 9.17) is 11.6 Å². The van der Waals surface area contributed by atoms with Crippen LogP contribution in [0.25, 0.3) is 0 Å². The molecule has 19 heavy (non-hydrogen) atoms. The van der Waals surface area contributed by atoms with Crippen molar-refractivity contribution in [2.24, 2.45) is 0 Å². The van der Waals surface area contributed by atoms with Crippen LogP contribution >= 0.6 is 27.5 Å². The molecule has 6 heteroatoms. The van der Waals surface area contributed by atoms with E-state index < -0.39 is 17.5 Å². The molecule has 0 saturated heterocycles. The lowest BCUT2D eigenvalue weighted by Crippen LogP contribution is -2.06. The fraction of sp³-hybridized carbons (Fsp3) is 0.0769. The van der Waals surface area contributed by atoms with E-state index in [-0.39, 0.29) is 27.3 Å². The lowest BCUT2D eigenvalue weighted by Gasteiger charge is -2.11. The van der Waals surface area contributed by atoms with Gasteiger partial charge in [0.15, 0.2) is 0 Å². The second kappa shape index (κ2) is 5.84. The molecule has 0 amide bonds. The van der Waals surface area contributed by atoms with Gasteiger partial charge in [0.05, 0.1) is 0 Å². The van der Waals surface area contributed by atoms with Crippen molar-refractivity contribution in [3.05, 3.63) is 62.8 Å². The maximum atomic E-state index is 13.6. The van der Waals surface area contributed by atoms with Crippen LogP contribution in [0.4, 0.5) is 18.9 Å². The van der Waals surface area contributed by atoms with Crippen LogP contribution in [0.1, 0.15) is 5.56 Å².